The van der Waals surface area contributed by atoms with Gasteiger partial charge >= 0.3 is 0 Å². The predicted octanol–water partition coefficient (Wildman–Crippen LogP) is 2.43. The van der Waals surface area contributed by atoms with Gasteiger partial charge in [-0.1, -0.05) is 6.92 Å². The fourth-order valence-electron chi connectivity index (χ4n) is 1.99. The van der Waals surface area contributed by atoms with Crippen LogP contribution in [-0.4, -0.2) is 22.9 Å². The molecule has 0 saturated carbocycles. The largest absolute Gasteiger partial charge is 0.338 e. The summed E-state index contributed by atoms with van der Waals surface area (Å²) >= 11 is 0. The molecule has 0 N–H and O–H groups in total. The molecular formula is C11H21NO. The molecule has 13 heavy (non-hydrogen) atoms. The molecule has 0 bridgehead atoms. The van der Waals surface area contributed by atoms with Gasteiger partial charge in [0.05, 0.1) is 0 Å². The number of hydrogen-bond acceptors (Lipinski definition) is 1. The number of likely N-dealkylation sites (tertiary alicyclic amines) is 1. The highest BCUT2D eigenvalue weighted by Crippen LogP contribution is 2.26. The third kappa shape index (κ3) is 2.23. The van der Waals surface area contributed by atoms with Crippen LogP contribution in [0, 0.1) is 5.92 Å². The molecule has 0 spiro atoms. The molecule has 1 unspecified atom stereocenters. The van der Waals surface area contributed by atoms with Crippen molar-refractivity contribution in [3.05, 3.63) is 0 Å². The van der Waals surface area contributed by atoms with E-state index in [1.807, 2.05) is 4.90 Å². The number of hydrogen-bond donors (Lipinski definition) is 0. The summed E-state index contributed by atoms with van der Waals surface area (Å²) in [4.78, 5) is 14.0. The van der Waals surface area contributed by atoms with Crippen LogP contribution in [0.25, 0.3) is 0 Å². The van der Waals surface area contributed by atoms with Crippen molar-refractivity contribution in [3.63, 3.8) is 0 Å². The molecule has 76 valence electrons. The highest BCUT2D eigenvalue weighted by Gasteiger charge is 2.33. The Bertz CT molecular complexity index is 193. The fourth-order valence-corrected chi connectivity index (χ4v) is 1.99. The quantitative estimate of drug-likeness (QED) is 0.611. The molecule has 0 aliphatic carbocycles. The zero-order chi connectivity index (χ0) is 10.1. The number of carbonyl (C=O) groups excluding carboxylic acids is 1. The van der Waals surface area contributed by atoms with E-state index >= 15 is 0 Å². The number of carbonyl (C=O) groups is 1. The first-order valence-electron chi connectivity index (χ1n) is 5.28. The van der Waals surface area contributed by atoms with E-state index in [0.29, 0.717) is 5.91 Å². The second-order valence-corrected chi connectivity index (χ2v) is 4.91. The Kier molecular flexibility index (Phi) is 2.99. The SMILES string of the molecule is CCC1CCCN(C(C)(C)C)C1=O. The first kappa shape index (κ1) is 10.6. The van der Waals surface area contributed by atoms with Crippen LogP contribution in [0.2, 0.25) is 0 Å². The fraction of sp³-hybridized carbons (Fsp3) is 0.909. The molecule has 1 saturated heterocycles. The van der Waals surface area contributed by atoms with Gasteiger partial charge in [0.2, 0.25) is 5.91 Å². The first-order valence-corrected chi connectivity index (χ1v) is 5.28. The molecule has 2 heteroatoms. The minimum Gasteiger partial charge on any atom is -0.338 e. The van der Waals surface area contributed by atoms with Gasteiger partial charge in [-0.3, -0.25) is 4.79 Å². The molecule has 1 amide bonds. The second-order valence-electron chi connectivity index (χ2n) is 4.91. The highest BCUT2D eigenvalue weighted by atomic mass is 16.2. The van der Waals surface area contributed by atoms with Crippen LogP contribution >= 0.6 is 0 Å². The van der Waals surface area contributed by atoms with Crippen molar-refractivity contribution in [1.29, 1.82) is 0 Å². The van der Waals surface area contributed by atoms with Crippen molar-refractivity contribution < 1.29 is 4.79 Å². The Morgan fingerprint density at radius 2 is 2.08 bits per heavy atom. The summed E-state index contributed by atoms with van der Waals surface area (Å²) in [7, 11) is 0. The number of rotatable bonds is 1. The van der Waals surface area contributed by atoms with Gasteiger partial charge in [0.25, 0.3) is 0 Å². The van der Waals surface area contributed by atoms with Crippen LogP contribution in [0.1, 0.15) is 47.0 Å². The molecule has 1 aliphatic rings. The average molecular weight is 183 g/mol. The van der Waals surface area contributed by atoms with E-state index in [0.717, 1.165) is 19.4 Å². The van der Waals surface area contributed by atoms with Crippen LogP contribution in [0.5, 0.6) is 0 Å². The summed E-state index contributed by atoms with van der Waals surface area (Å²) in [6.45, 7) is 9.39. The van der Waals surface area contributed by atoms with Crippen molar-refractivity contribution in [3.8, 4) is 0 Å². The van der Waals surface area contributed by atoms with E-state index in [4.69, 9.17) is 0 Å². The third-order valence-electron chi connectivity index (χ3n) is 2.85. The minimum atomic E-state index is 0.00488. The van der Waals surface area contributed by atoms with E-state index in [1.165, 1.54) is 6.42 Å². The van der Waals surface area contributed by atoms with Gasteiger partial charge in [0, 0.05) is 18.0 Å². The molecular weight excluding hydrogens is 162 g/mol. The van der Waals surface area contributed by atoms with E-state index in [2.05, 4.69) is 27.7 Å². The molecule has 1 rings (SSSR count). The first-order chi connectivity index (χ1) is 5.96. The van der Waals surface area contributed by atoms with Crippen molar-refractivity contribution in [1.82, 2.24) is 4.90 Å². The summed E-state index contributed by atoms with van der Waals surface area (Å²) in [5, 5.41) is 0. The smallest absolute Gasteiger partial charge is 0.226 e. The van der Waals surface area contributed by atoms with Crippen molar-refractivity contribution >= 4 is 5.91 Å². The van der Waals surface area contributed by atoms with Gasteiger partial charge in [0.1, 0.15) is 0 Å². The lowest BCUT2D eigenvalue weighted by Gasteiger charge is -2.41. The molecule has 0 aromatic heterocycles. The van der Waals surface area contributed by atoms with E-state index in [1.54, 1.807) is 0 Å². The molecule has 0 aromatic rings. The van der Waals surface area contributed by atoms with E-state index in [-0.39, 0.29) is 11.5 Å². The molecule has 0 aromatic carbocycles. The number of piperidine rings is 1. The van der Waals surface area contributed by atoms with Crippen LogP contribution in [0.15, 0.2) is 0 Å². The lowest BCUT2D eigenvalue weighted by atomic mass is 9.91. The van der Waals surface area contributed by atoms with Crippen molar-refractivity contribution in [2.45, 2.75) is 52.5 Å². The lowest BCUT2D eigenvalue weighted by Crippen LogP contribution is -2.51. The molecule has 1 fully saturated rings. The Morgan fingerprint density at radius 3 is 2.54 bits per heavy atom. The lowest BCUT2D eigenvalue weighted by molar-refractivity contribution is -0.143. The Hall–Kier alpha value is -0.530. The average Bonchev–Trinajstić information content (AvgIpc) is 2.02. The third-order valence-corrected chi connectivity index (χ3v) is 2.85. The standard InChI is InChI=1S/C11H21NO/c1-5-9-7-6-8-12(10(9)13)11(2,3)4/h9H,5-8H2,1-4H3. The topological polar surface area (TPSA) is 20.3 Å². The summed E-state index contributed by atoms with van der Waals surface area (Å²) in [6.07, 6.45) is 3.24. The normalized spacial score (nSPS) is 25.1. The van der Waals surface area contributed by atoms with Crippen molar-refractivity contribution in [2.75, 3.05) is 6.54 Å². The summed E-state index contributed by atoms with van der Waals surface area (Å²) in [5.74, 6) is 0.647. The van der Waals surface area contributed by atoms with E-state index in [9.17, 15) is 4.79 Å². The van der Waals surface area contributed by atoms with E-state index < -0.39 is 0 Å². The van der Waals surface area contributed by atoms with Crippen molar-refractivity contribution in [2.24, 2.45) is 5.92 Å². The Balaban J connectivity index is 2.71. The van der Waals surface area contributed by atoms with Gasteiger partial charge in [-0.15, -0.1) is 0 Å². The van der Waals surface area contributed by atoms with Gasteiger partial charge in [-0.05, 0) is 40.0 Å². The predicted molar refractivity (Wildman–Crippen MR) is 54.5 cm³/mol. The minimum absolute atomic E-state index is 0.00488. The summed E-state index contributed by atoms with van der Waals surface area (Å²) < 4.78 is 0. The van der Waals surface area contributed by atoms with Gasteiger partial charge < -0.3 is 4.90 Å². The Morgan fingerprint density at radius 1 is 1.46 bits per heavy atom. The maximum absolute atomic E-state index is 11.9. The van der Waals surface area contributed by atoms with Gasteiger partial charge in [-0.2, -0.15) is 0 Å². The summed E-state index contributed by atoms with van der Waals surface area (Å²) in [5.41, 5.74) is 0.00488. The van der Waals surface area contributed by atoms with Gasteiger partial charge in [0.15, 0.2) is 0 Å². The van der Waals surface area contributed by atoms with Crippen LogP contribution in [-0.2, 0) is 4.79 Å². The number of nitrogens with zero attached hydrogens (tertiary/aromatic N) is 1. The maximum Gasteiger partial charge on any atom is 0.226 e. The summed E-state index contributed by atoms with van der Waals surface area (Å²) in [6, 6.07) is 0. The van der Waals surface area contributed by atoms with Crippen LogP contribution in [0.4, 0.5) is 0 Å². The molecule has 1 heterocycles. The molecule has 2 nitrogen and oxygen atoms in total. The molecule has 1 atom stereocenters. The monoisotopic (exact) mass is 183 g/mol. The second kappa shape index (κ2) is 3.69. The molecule has 0 radical (unpaired) electrons. The highest BCUT2D eigenvalue weighted by molar-refractivity contribution is 5.80. The number of amides is 1. The molecule has 1 aliphatic heterocycles. The van der Waals surface area contributed by atoms with Gasteiger partial charge in [-0.25, -0.2) is 0 Å². The van der Waals surface area contributed by atoms with Crippen LogP contribution < -0.4 is 0 Å². The zero-order valence-corrected chi connectivity index (χ0v) is 9.26. The zero-order valence-electron chi connectivity index (χ0n) is 9.26. The Labute approximate surface area is 81.3 Å². The van der Waals surface area contributed by atoms with Crippen LogP contribution in [0.3, 0.4) is 0 Å². The maximum atomic E-state index is 11.9.